The van der Waals surface area contributed by atoms with Gasteiger partial charge in [-0.2, -0.15) is 0 Å². The molecule has 2 nitrogen and oxygen atoms in total. The zero-order valence-electron chi connectivity index (χ0n) is 4.54. The van der Waals surface area contributed by atoms with Crippen LogP contribution in [0.5, 0.6) is 0 Å². The van der Waals surface area contributed by atoms with Gasteiger partial charge in [-0.15, -0.1) is 0 Å². The molecule has 0 N–H and O–H groups in total. The van der Waals surface area contributed by atoms with Crippen LogP contribution < -0.4 is 0 Å². The van der Waals surface area contributed by atoms with E-state index < -0.39 is 0 Å². The fourth-order valence-corrected chi connectivity index (χ4v) is 0.695. The molecule has 0 amide bonds. The molecule has 0 fully saturated rings. The van der Waals surface area contributed by atoms with Crippen molar-refractivity contribution in [2.24, 2.45) is 4.99 Å². The fraction of sp³-hybridized carbons (Fsp3) is 0. The highest BCUT2D eigenvalue weighted by molar-refractivity contribution is 14.1. The molecule has 0 unspecified atom stereocenters. The third-order valence-corrected chi connectivity index (χ3v) is 1.30. The molecule has 1 heterocycles. The molecule has 0 saturated heterocycles. The Bertz CT molecular complexity index is 211. The maximum atomic E-state index is 4.87. The van der Waals surface area contributed by atoms with Crippen LogP contribution in [0.15, 0.2) is 35.2 Å². The third-order valence-electron chi connectivity index (χ3n) is 0.792. The molecule has 0 radical (unpaired) electrons. The van der Waals surface area contributed by atoms with E-state index >= 15 is 0 Å². The van der Waals surface area contributed by atoms with E-state index in [0.717, 1.165) is 5.76 Å². The Hall–Kier alpha value is -0.540. The summed E-state index contributed by atoms with van der Waals surface area (Å²) in [7, 11) is 0. The summed E-state index contributed by atoms with van der Waals surface area (Å²) < 4.78 is 4.87. The Balaban J connectivity index is 2.82. The van der Waals surface area contributed by atoms with Crippen LogP contribution in [-0.2, 0) is 3.07 Å². The van der Waals surface area contributed by atoms with Crippen LogP contribution >= 0.6 is 23.0 Å². The van der Waals surface area contributed by atoms with Crippen molar-refractivity contribution in [1.29, 1.82) is 0 Å². The highest BCUT2D eigenvalue weighted by Crippen LogP contribution is 2.04. The molecule has 0 spiro atoms. The van der Waals surface area contributed by atoms with Gasteiger partial charge < -0.3 is 3.07 Å². The summed E-state index contributed by atoms with van der Waals surface area (Å²) in [6.07, 6.45) is 6.94. The molecule has 1 aliphatic heterocycles. The first-order valence-corrected chi connectivity index (χ1v) is 3.25. The van der Waals surface area contributed by atoms with Gasteiger partial charge in [0.1, 0.15) is 5.76 Å². The molecule has 0 aliphatic carbocycles. The Kier molecular flexibility index (Phi) is 2.54. The second kappa shape index (κ2) is 3.48. The molecule has 0 atom stereocenters. The fourth-order valence-electron chi connectivity index (χ4n) is 0.421. The van der Waals surface area contributed by atoms with Gasteiger partial charge in [-0.3, -0.25) is 0 Å². The molecule has 0 aromatic carbocycles. The van der Waals surface area contributed by atoms with Gasteiger partial charge in [-0.1, -0.05) is 0 Å². The molecule has 0 aromatic rings. The van der Waals surface area contributed by atoms with Gasteiger partial charge >= 0.3 is 0 Å². The first-order chi connectivity index (χ1) is 4.43. The number of hydrogen-bond acceptors (Lipinski definition) is 2. The van der Waals surface area contributed by atoms with E-state index in [-0.39, 0.29) is 0 Å². The van der Waals surface area contributed by atoms with Gasteiger partial charge in [-0.05, 0) is 18.0 Å². The van der Waals surface area contributed by atoms with Gasteiger partial charge in [0, 0.05) is 12.3 Å². The first-order valence-electron chi connectivity index (χ1n) is 2.37. The quantitative estimate of drug-likeness (QED) is 0.634. The molecule has 0 saturated carbocycles. The lowest BCUT2D eigenvalue weighted by Crippen LogP contribution is -1.71. The Morgan fingerprint density at radius 2 is 2.56 bits per heavy atom. The van der Waals surface area contributed by atoms with Crippen LogP contribution in [-0.4, -0.2) is 5.87 Å². The van der Waals surface area contributed by atoms with Crippen molar-refractivity contribution in [2.75, 3.05) is 0 Å². The number of hydrogen-bond donors (Lipinski definition) is 0. The lowest BCUT2D eigenvalue weighted by molar-refractivity contribution is 0.590. The zero-order chi connectivity index (χ0) is 6.53. The first kappa shape index (κ1) is 6.58. The van der Waals surface area contributed by atoms with Crippen molar-refractivity contribution >= 4 is 28.9 Å². The van der Waals surface area contributed by atoms with Crippen molar-refractivity contribution in [2.45, 2.75) is 0 Å². The molecular formula is C6H4INO. The molecule has 1 rings (SSSR count). The molecule has 0 bridgehead atoms. The summed E-state index contributed by atoms with van der Waals surface area (Å²) in [4.78, 5) is 3.75. The van der Waals surface area contributed by atoms with Gasteiger partial charge in [-0.25, -0.2) is 4.99 Å². The van der Waals surface area contributed by atoms with E-state index in [9.17, 15) is 0 Å². The third kappa shape index (κ3) is 2.03. The highest BCUT2D eigenvalue weighted by Gasteiger charge is 1.87. The molecule has 9 heavy (non-hydrogen) atoms. The van der Waals surface area contributed by atoms with Crippen LogP contribution in [0.3, 0.4) is 0 Å². The van der Waals surface area contributed by atoms with Crippen molar-refractivity contribution in [1.82, 2.24) is 0 Å². The molecule has 0 aromatic heterocycles. The minimum absolute atomic E-state index is 0.758. The average Bonchev–Trinajstić information content (AvgIpc) is 2.13. The predicted molar refractivity (Wildman–Crippen MR) is 44.3 cm³/mol. The van der Waals surface area contributed by atoms with Crippen molar-refractivity contribution in [3.63, 3.8) is 0 Å². The van der Waals surface area contributed by atoms with Gasteiger partial charge in [0.15, 0.2) is 23.0 Å². The standard InChI is InChI=1S/C6H4INO/c7-9-6-2-1-4-8-5-3-6/h1-4H. The number of rotatable bonds is 1. The normalized spacial score (nSPS) is 15.0. The van der Waals surface area contributed by atoms with E-state index in [1.165, 1.54) is 0 Å². The predicted octanol–water partition coefficient (Wildman–Crippen LogP) is 1.99. The van der Waals surface area contributed by atoms with Crippen LogP contribution in [0, 0.1) is 0 Å². The summed E-state index contributed by atoms with van der Waals surface area (Å²) in [5.41, 5.74) is 0. The Morgan fingerprint density at radius 1 is 1.67 bits per heavy atom. The van der Waals surface area contributed by atoms with E-state index in [2.05, 4.69) is 10.9 Å². The zero-order valence-corrected chi connectivity index (χ0v) is 6.70. The monoisotopic (exact) mass is 233 g/mol. The summed E-state index contributed by atoms with van der Waals surface area (Å²) in [5, 5.41) is 0. The van der Waals surface area contributed by atoms with Crippen LogP contribution in [0.2, 0.25) is 0 Å². The molecular weight excluding hydrogens is 229 g/mol. The van der Waals surface area contributed by atoms with Crippen LogP contribution in [0.1, 0.15) is 0 Å². The van der Waals surface area contributed by atoms with E-state index in [0.29, 0.717) is 0 Å². The van der Waals surface area contributed by atoms with Gasteiger partial charge in [0.25, 0.3) is 0 Å². The SMILES string of the molecule is IOC1=CC=CN=C=C1. The second-order valence-corrected chi connectivity index (χ2v) is 1.83. The molecule has 3 heteroatoms. The summed E-state index contributed by atoms with van der Waals surface area (Å²) in [6, 6.07) is 0. The van der Waals surface area contributed by atoms with Crippen LogP contribution in [0.4, 0.5) is 0 Å². The van der Waals surface area contributed by atoms with E-state index in [1.807, 2.05) is 29.1 Å². The maximum Gasteiger partial charge on any atom is 0.192 e. The highest BCUT2D eigenvalue weighted by atomic mass is 127. The summed E-state index contributed by atoms with van der Waals surface area (Å²) >= 11 is 1.81. The summed E-state index contributed by atoms with van der Waals surface area (Å²) in [5.74, 6) is 3.42. The number of halogens is 1. The average molecular weight is 233 g/mol. The summed E-state index contributed by atoms with van der Waals surface area (Å²) in [6.45, 7) is 0. The van der Waals surface area contributed by atoms with Crippen LogP contribution in [0.25, 0.3) is 0 Å². The number of allylic oxidation sites excluding steroid dienone is 3. The Labute approximate surface area is 67.3 Å². The molecule has 1 aliphatic rings. The van der Waals surface area contributed by atoms with Gasteiger partial charge in [0.2, 0.25) is 0 Å². The number of nitrogens with zero attached hydrogens (tertiary/aromatic N) is 1. The Morgan fingerprint density at radius 3 is 3.33 bits per heavy atom. The minimum atomic E-state index is 0.758. The lowest BCUT2D eigenvalue weighted by atomic mass is 10.4. The van der Waals surface area contributed by atoms with Crippen molar-refractivity contribution in [3.8, 4) is 0 Å². The maximum absolute atomic E-state index is 4.87. The second-order valence-electron chi connectivity index (χ2n) is 1.39. The van der Waals surface area contributed by atoms with E-state index in [1.54, 1.807) is 18.4 Å². The smallest absolute Gasteiger partial charge is 0.192 e. The van der Waals surface area contributed by atoms with E-state index in [4.69, 9.17) is 3.07 Å². The van der Waals surface area contributed by atoms with Gasteiger partial charge in [0.05, 0.1) is 0 Å². The van der Waals surface area contributed by atoms with Crippen molar-refractivity contribution < 1.29 is 3.07 Å². The minimum Gasteiger partial charge on any atom is -0.427 e. The largest absolute Gasteiger partial charge is 0.427 e. The molecule has 46 valence electrons. The number of aliphatic imine (C=N–C) groups is 1. The van der Waals surface area contributed by atoms with Crippen molar-refractivity contribution in [3.05, 3.63) is 30.2 Å². The lowest BCUT2D eigenvalue weighted by Gasteiger charge is -1.89. The topological polar surface area (TPSA) is 21.6 Å².